The van der Waals surface area contributed by atoms with Gasteiger partial charge in [0.05, 0.1) is 9.37 Å². The van der Waals surface area contributed by atoms with Gasteiger partial charge in [-0.25, -0.2) is 12.8 Å². The van der Waals surface area contributed by atoms with Crippen molar-refractivity contribution in [2.24, 2.45) is 0 Å². The molecule has 0 radical (unpaired) electrons. The first-order valence-corrected chi connectivity index (χ1v) is 8.86. The molecule has 0 aromatic heterocycles. The molecule has 0 amide bonds. The van der Waals surface area contributed by atoms with E-state index in [1.807, 2.05) is 6.92 Å². The van der Waals surface area contributed by atoms with Crippen molar-refractivity contribution in [2.45, 2.75) is 17.9 Å². The van der Waals surface area contributed by atoms with Crippen molar-refractivity contribution < 1.29 is 12.8 Å². The molecule has 7 heteroatoms. The maximum atomic E-state index is 13.4. The van der Waals surface area contributed by atoms with Gasteiger partial charge in [-0.1, -0.05) is 0 Å². The summed E-state index contributed by atoms with van der Waals surface area (Å²) in [5, 5.41) is 0. The van der Waals surface area contributed by atoms with Crippen LogP contribution < -0.4 is 0 Å². The molecule has 0 bridgehead atoms. The van der Waals surface area contributed by atoms with Gasteiger partial charge in [-0.3, -0.25) is 0 Å². The summed E-state index contributed by atoms with van der Waals surface area (Å²) in [7, 11) is -3.59. The van der Waals surface area contributed by atoms with Crippen LogP contribution in [0.1, 0.15) is 6.92 Å². The Bertz CT molecular complexity index is 550. The van der Waals surface area contributed by atoms with Crippen LogP contribution in [0.25, 0.3) is 0 Å². The van der Waals surface area contributed by atoms with Crippen molar-refractivity contribution in [3.05, 3.63) is 28.5 Å². The molecular formula is C11H13BrFNO2S2. The molecule has 1 fully saturated rings. The zero-order chi connectivity index (χ0) is 13.3. The minimum absolute atomic E-state index is 0.0157. The van der Waals surface area contributed by atoms with Crippen LogP contribution in [0.5, 0.6) is 0 Å². The first-order valence-electron chi connectivity index (χ1n) is 5.47. The topological polar surface area (TPSA) is 37.4 Å². The first-order chi connectivity index (χ1) is 8.43. The highest BCUT2D eigenvalue weighted by atomic mass is 79.9. The second-order valence-corrected chi connectivity index (χ2v) is 8.01. The van der Waals surface area contributed by atoms with Crippen molar-refractivity contribution in [2.75, 3.05) is 18.1 Å². The molecule has 0 saturated carbocycles. The normalized spacial score (nSPS) is 22.1. The van der Waals surface area contributed by atoms with Crippen LogP contribution >= 0.6 is 27.7 Å². The average Bonchev–Trinajstić information content (AvgIpc) is 2.33. The first kappa shape index (κ1) is 14.3. The van der Waals surface area contributed by atoms with Crippen LogP contribution in [-0.4, -0.2) is 36.8 Å². The number of rotatable bonds is 2. The molecule has 0 spiro atoms. The van der Waals surface area contributed by atoms with E-state index in [2.05, 4.69) is 15.9 Å². The van der Waals surface area contributed by atoms with Crippen LogP contribution in [-0.2, 0) is 10.0 Å². The second-order valence-electron chi connectivity index (χ2n) is 4.12. The summed E-state index contributed by atoms with van der Waals surface area (Å²) in [6.07, 6.45) is 0. The third-order valence-corrected chi connectivity index (χ3v) is 6.65. The molecule has 1 aliphatic heterocycles. The van der Waals surface area contributed by atoms with Crippen molar-refractivity contribution in [1.29, 1.82) is 0 Å². The highest BCUT2D eigenvalue weighted by Crippen LogP contribution is 2.26. The van der Waals surface area contributed by atoms with Crippen LogP contribution in [0.3, 0.4) is 0 Å². The lowest BCUT2D eigenvalue weighted by molar-refractivity contribution is 0.367. The molecule has 2 rings (SSSR count). The molecule has 18 heavy (non-hydrogen) atoms. The van der Waals surface area contributed by atoms with E-state index >= 15 is 0 Å². The maximum Gasteiger partial charge on any atom is 0.243 e. The van der Waals surface area contributed by atoms with Gasteiger partial charge < -0.3 is 0 Å². The molecule has 1 aromatic carbocycles. The SMILES string of the molecule is CC1CSCCN1S(=O)(=O)c1ccc(Br)c(F)c1. The second kappa shape index (κ2) is 5.48. The third-order valence-electron chi connectivity index (χ3n) is 2.80. The van der Waals surface area contributed by atoms with Crippen LogP contribution in [0.2, 0.25) is 0 Å². The molecule has 1 heterocycles. The Hall–Kier alpha value is -0.110. The van der Waals surface area contributed by atoms with Crippen molar-refractivity contribution >= 4 is 37.7 Å². The van der Waals surface area contributed by atoms with Gasteiger partial charge >= 0.3 is 0 Å². The quantitative estimate of drug-likeness (QED) is 0.820. The molecule has 100 valence electrons. The number of halogens is 2. The summed E-state index contributed by atoms with van der Waals surface area (Å²) < 4.78 is 39.9. The highest BCUT2D eigenvalue weighted by Gasteiger charge is 2.31. The number of hydrogen-bond donors (Lipinski definition) is 0. The van der Waals surface area contributed by atoms with E-state index in [4.69, 9.17) is 0 Å². The van der Waals surface area contributed by atoms with E-state index < -0.39 is 15.8 Å². The molecule has 1 unspecified atom stereocenters. The lowest BCUT2D eigenvalue weighted by atomic mass is 10.3. The Balaban J connectivity index is 2.37. The Morgan fingerprint density at radius 1 is 1.50 bits per heavy atom. The van der Waals surface area contributed by atoms with E-state index in [1.165, 1.54) is 16.4 Å². The Labute approximate surface area is 119 Å². The Kier molecular flexibility index (Phi) is 4.36. The number of thioether (sulfide) groups is 1. The monoisotopic (exact) mass is 353 g/mol. The van der Waals surface area contributed by atoms with E-state index in [0.717, 1.165) is 17.6 Å². The van der Waals surface area contributed by atoms with Gasteiger partial charge in [0.2, 0.25) is 10.0 Å². The van der Waals surface area contributed by atoms with Crippen LogP contribution in [0.15, 0.2) is 27.6 Å². The Morgan fingerprint density at radius 3 is 2.83 bits per heavy atom. The molecule has 1 aliphatic rings. The number of hydrogen-bond acceptors (Lipinski definition) is 3. The van der Waals surface area contributed by atoms with E-state index in [-0.39, 0.29) is 15.4 Å². The van der Waals surface area contributed by atoms with Gasteiger partial charge in [-0.2, -0.15) is 16.1 Å². The van der Waals surface area contributed by atoms with E-state index in [9.17, 15) is 12.8 Å². The number of nitrogens with zero attached hydrogens (tertiary/aromatic N) is 1. The van der Waals surface area contributed by atoms with E-state index in [0.29, 0.717) is 6.54 Å². The van der Waals surface area contributed by atoms with Crippen LogP contribution in [0.4, 0.5) is 4.39 Å². The van der Waals surface area contributed by atoms with Crippen molar-refractivity contribution in [3.8, 4) is 0 Å². The van der Waals surface area contributed by atoms with Gasteiger partial charge in [0, 0.05) is 24.1 Å². The van der Waals surface area contributed by atoms with Gasteiger partial charge in [0.15, 0.2) is 0 Å². The minimum Gasteiger partial charge on any atom is -0.207 e. The average molecular weight is 354 g/mol. The van der Waals surface area contributed by atoms with Gasteiger partial charge in [0.25, 0.3) is 0 Å². The van der Waals surface area contributed by atoms with Crippen LogP contribution in [0, 0.1) is 5.82 Å². The van der Waals surface area contributed by atoms with Gasteiger partial charge in [-0.15, -0.1) is 0 Å². The zero-order valence-corrected chi connectivity index (χ0v) is 13.0. The fraction of sp³-hybridized carbons (Fsp3) is 0.455. The summed E-state index contributed by atoms with van der Waals surface area (Å²) in [4.78, 5) is 0.0157. The molecule has 1 atom stereocenters. The smallest absolute Gasteiger partial charge is 0.207 e. The Morgan fingerprint density at radius 2 is 2.22 bits per heavy atom. The number of benzene rings is 1. The highest BCUT2D eigenvalue weighted by molar-refractivity contribution is 9.10. The lowest BCUT2D eigenvalue weighted by Gasteiger charge is -2.31. The largest absolute Gasteiger partial charge is 0.243 e. The minimum atomic E-state index is -3.59. The summed E-state index contributed by atoms with van der Waals surface area (Å²) in [6, 6.07) is 3.86. The van der Waals surface area contributed by atoms with E-state index in [1.54, 1.807) is 11.8 Å². The predicted molar refractivity (Wildman–Crippen MR) is 74.8 cm³/mol. The summed E-state index contributed by atoms with van der Waals surface area (Å²) in [6.45, 7) is 2.35. The van der Waals surface area contributed by atoms with Crippen molar-refractivity contribution in [1.82, 2.24) is 4.31 Å². The maximum absolute atomic E-state index is 13.4. The fourth-order valence-electron chi connectivity index (χ4n) is 1.84. The molecular weight excluding hydrogens is 341 g/mol. The van der Waals surface area contributed by atoms with Gasteiger partial charge in [-0.05, 0) is 41.1 Å². The summed E-state index contributed by atoms with van der Waals surface area (Å²) >= 11 is 4.75. The number of sulfonamides is 1. The standard InChI is InChI=1S/C11H13BrFNO2S2/c1-8-7-17-5-4-14(8)18(15,16)9-2-3-10(12)11(13)6-9/h2-3,6,8H,4-5,7H2,1H3. The lowest BCUT2D eigenvalue weighted by Crippen LogP contribution is -2.44. The fourth-order valence-corrected chi connectivity index (χ4v) is 4.95. The van der Waals surface area contributed by atoms with Gasteiger partial charge in [0.1, 0.15) is 5.82 Å². The molecule has 3 nitrogen and oxygen atoms in total. The molecule has 1 saturated heterocycles. The molecule has 1 aromatic rings. The summed E-state index contributed by atoms with van der Waals surface area (Å²) in [5.41, 5.74) is 0. The zero-order valence-electron chi connectivity index (χ0n) is 9.77. The predicted octanol–water partition coefficient (Wildman–Crippen LogP) is 2.71. The molecule has 0 N–H and O–H groups in total. The van der Waals surface area contributed by atoms with Crippen molar-refractivity contribution in [3.63, 3.8) is 0 Å². The summed E-state index contributed by atoms with van der Waals surface area (Å²) in [5.74, 6) is 0.996. The third kappa shape index (κ3) is 2.74. The molecule has 0 aliphatic carbocycles.